The fourth-order valence-corrected chi connectivity index (χ4v) is 2.69. The number of nitrogens with one attached hydrogen (secondary N) is 1. The zero-order valence-corrected chi connectivity index (χ0v) is 9.16. The number of rotatable bonds is 0. The van der Waals surface area contributed by atoms with E-state index >= 15 is 0 Å². The molecule has 0 radical (unpaired) electrons. The monoisotopic (exact) mass is 203 g/mol. The second-order valence-corrected chi connectivity index (χ2v) is 4.55. The van der Waals surface area contributed by atoms with Crippen molar-refractivity contribution in [2.45, 2.75) is 32.2 Å². The van der Waals surface area contributed by atoms with Gasteiger partial charge in [-0.05, 0) is 37.8 Å². The van der Waals surface area contributed by atoms with Crippen LogP contribution in [-0.2, 0) is 0 Å². The molecule has 2 aliphatic rings. The molecule has 1 atom stereocenters. The molecule has 0 bridgehead atoms. The van der Waals surface area contributed by atoms with Crippen LogP contribution in [0.5, 0.6) is 0 Å². The minimum absolute atomic E-state index is 0.667. The van der Waals surface area contributed by atoms with Gasteiger partial charge in [0.25, 0.3) is 0 Å². The molecule has 1 aromatic heterocycles. The standard InChI is InChI=1S/C12H17N3/c1-9-5-6-13-12-11(9)14-8-10-4-2-3-7-15(10)12/h5-6,10,14H,2-4,7-8H2,1H3. The minimum atomic E-state index is 0.667. The van der Waals surface area contributed by atoms with Gasteiger partial charge in [0.05, 0.1) is 5.69 Å². The number of aryl methyl sites for hydroxylation is 1. The van der Waals surface area contributed by atoms with Crippen LogP contribution < -0.4 is 10.2 Å². The van der Waals surface area contributed by atoms with Crippen molar-refractivity contribution in [1.82, 2.24) is 4.98 Å². The molecule has 3 nitrogen and oxygen atoms in total. The highest BCUT2D eigenvalue weighted by Crippen LogP contribution is 2.35. The van der Waals surface area contributed by atoms with E-state index < -0.39 is 0 Å². The first-order valence-corrected chi connectivity index (χ1v) is 5.82. The van der Waals surface area contributed by atoms with Crippen LogP contribution >= 0.6 is 0 Å². The molecule has 80 valence electrons. The Morgan fingerprint density at radius 2 is 2.40 bits per heavy atom. The molecule has 0 aromatic carbocycles. The molecule has 1 N–H and O–H groups in total. The van der Waals surface area contributed by atoms with Crippen LogP contribution in [0.2, 0.25) is 0 Å². The van der Waals surface area contributed by atoms with Gasteiger partial charge < -0.3 is 10.2 Å². The topological polar surface area (TPSA) is 28.2 Å². The SMILES string of the molecule is Cc1ccnc2c1NCC1CCCCN21. The van der Waals surface area contributed by atoms with E-state index in [2.05, 4.69) is 28.2 Å². The van der Waals surface area contributed by atoms with Crippen LogP contribution in [0.4, 0.5) is 11.5 Å². The van der Waals surface area contributed by atoms with Crippen molar-refractivity contribution >= 4 is 11.5 Å². The fourth-order valence-electron chi connectivity index (χ4n) is 2.69. The van der Waals surface area contributed by atoms with E-state index in [0.29, 0.717) is 6.04 Å². The zero-order valence-electron chi connectivity index (χ0n) is 9.16. The first-order valence-electron chi connectivity index (χ1n) is 5.82. The predicted octanol–water partition coefficient (Wildman–Crippen LogP) is 2.17. The highest BCUT2D eigenvalue weighted by atomic mass is 15.3. The van der Waals surface area contributed by atoms with Crippen molar-refractivity contribution in [1.29, 1.82) is 0 Å². The molecular weight excluding hydrogens is 186 g/mol. The number of hydrogen-bond donors (Lipinski definition) is 1. The largest absolute Gasteiger partial charge is 0.380 e. The Morgan fingerprint density at radius 1 is 1.47 bits per heavy atom. The van der Waals surface area contributed by atoms with Gasteiger partial charge in [0.2, 0.25) is 0 Å². The van der Waals surface area contributed by atoms with E-state index in [1.807, 2.05) is 6.20 Å². The molecular formula is C12H17N3. The molecule has 3 rings (SSSR count). The molecule has 15 heavy (non-hydrogen) atoms. The van der Waals surface area contributed by atoms with E-state index in [1.165, 1.54) is 42.9 Å². The molecule has 1 aromatic rings. The third kappa shape index (κ3) is 1.37. The lowest BCUT2D eigenvalue weighted by atomic mass is 9.99. The van der Waals surface area contributed by atoms with Crippen LogP contribution in [-0.4, -0.2) is 24.1 Å². The van der Waals surface area contributed by atoms with Gasteiger partial charge in [0.1, 0.15) is 0 Å². The highest BCUT2D eigenvalue weighted by Gasteiger charge is 2.29. The summed E-state index contributed by atoms with van der Waals surface area (Å²) in [5.74, 6) is 1.17. The van der Waals surface area contributed by atoms with Crippen LogP contribution in [0.25, 0.3) is 0 Å². The van der Waals surface area contributed by atoms with Gasteiger partial charge in [-0.1, -0.05) is 0 Å². The van der Waals surface area contributed by atoms with Crippen LogP contribution in [0.3, 0.4) is 0 Å². The van der Waals surface area contributed by atoms with Gasteiger partial charge >= 0.3 is 0 Å². The highest BCUT2D eigenvalue weighted by molar-refractivity contribution is 5.72. The third-order valence-electron chi connectivity index (χ3n) is 3.55. The summed E-state index contributed by atoms with van der Waals surface area (Å²) in [6.45, 7) is 4.41. The van der Waals surface area contributed by atoms with Crippen molar-refractivity contribution in [3.05, 3.63) is 17.8 Å². The van der Waals surface area contributed by atoms with Crippen molar-refractivity contribution in [2.75, 3.05) is 23.3 Å². The van der Waals surface area contributed by atoms with Crippen molar-refractivity contribution < 1.29 is 0 Å². The lowest BCUT2D eigenvalue weighted by molar-refractivity contribution is 0.462. The van der Waals surface area contributed by atoms with Gasteiger partial charge in [0, 0.05) is 25.3 Å². The van der Waals surface area contributed by atoms with E-state index in [9.17, 15) is 0 Å². The number of aromatic nitrogens is 1. The Morgan fingerprint density at radius 3 is 3.33 bits per heavy atom. The second kappa shape index (κ2) is 3.40. The summed E-state index contributed by atoms with van der Waals surface area (Å²) in [5, 5.41) is 3.53. The summed E-state index contributed by atoms with van der Waals surface area (Å²) in [6.07, 6.45) is 5.91. The summed E-state index contributed by atoms with van der Waals surface area (Å²) in [7, 11) is 0. The first kappa shape index (κ1) is 9.01. The predicted molar refractivity (Wildman–Crippen MR) is 62.4 cm³/mol. The fraction of sp³-hybridized carbons (Fsp3) is 0.583. The molecule has 0 spiro atoms. The number of pyridine rings is 1. The maximum absolute atomic E-state index is 4.53. The van der Waals surface area contributed by atoms with Gasteiger partial charge in [-0.2, -0.15) is 0 Å². The zero-order chi connectivity index (χ0) is 10.3. The molecule has 0 amide bonds. The van der Waals surface area contributed by atoms with E-state index in [4.69, 9.17) is 0 Å². The second-order valence-electron chi connectivity index (χ2n) is 4.55. The molecule has 3 heterocycles. The Hall–Kier alpha value is -1.25. The summed E-state index contributed by atoms with van der Waals surface area (Å²) in [5.41, 5.74) is 2.56. The number of hydrogen-bond acceptors (Lipinski definition) is 3. The summed E-state index contributed by atoms with van der Waals surface area (Å²) in [4.78, 5) is 7.02. The van der Waals surface area contributed by atoms with E-state index in [0.717, 1.165) is 6.54 Å². The molecule has 3 heteroatoms. The molecule has 0 aliphatic carbocycles. The average Bonchev–Trinajstić information content (AvgIpc) is 2.29. The minimum Gasteiger partial charge on any atom is -0.380 e. The van der Waals surface area contributed by atoms with Crippen LogP contribution in [0.1, 0.15) is 24.8 Å². The Balaban J connectivity index is 2.03. The smallest absolute Gasteiger partial charge is 0.152 e. The lowest BCUT2D eigenvalue weighted by Crippen LogP contribution is -2.47. The first-order chi connectivity index (χ1) is 7.36. The van der Waals surface area contributed by atoms with E-state index in [1.54, 1.807) is 0 Å². The van der Waals surface area contributed by atoms with Crippen molar-refractivity contribution in [2.24, 2.45) is 0 Å². The molecule has 1 unspecified atom stereocenters. The maximum atomic E-state index is 4.53. The van der Waals surface area contributed by atoms with Crippen molar-refractivity contribution in [3.8, 4) is 0 Å². The van der Waals surface area contributed by atoms with Crippen molar-refractivity contribution in [3.63, 3.8) is 0 Å². The maximum Gasteiger partial charge on any atom is 0.152 e. The Bertz CT molecular complexity index is 375. The van der Waals surface area contributed by atoms with Crippen LogP contribution in [0.15, 0.2) is 12.3 Å². The Labute approximate surface area is 90.5 Å². The summed E-state index contributed by atoms with van der Waals surface area (Å²) < 4.78 is 0. The number of piperidine rings is 1. The molecule has 1 saturated heterocycles. The number of fused-ring (bicyclic) bond motifs is 3. The Kier molecular flexibility index (Phi) is 2.04. The normalized spacial score (nSPS) is 24.1. The third-order valence-corrected chi connectivity index (χ3v) is 3.55. The molecule has 2 aliphatic heterocycles. The molecule has 1 fully saturated rings. The number of anilines is 2. The quantitative estimate of drug-likeness (QED) is 0.700. The number of nitrogens with zero attached hydrogens (tertiary/aromatic N) is 2. The van der Waals surface area contributed by atoms with Gasteiger partial charge in [0.15, 0.2) is 5.82 Å². The average molecular weight is 203 g/mol. The van der Waals surface area contributed by atoms with Crippen LogP contribution in [0, 0.1) is 6.92 Å². The molecule has 0 saturated carbocycles. The van der Waals surface area contributed by atoms with E-state index in [-0.39, 0.29) is 0 Å². The summed E-state index contributed by atoms with van der Waals surface area (Å²) in [6, 6.07) is 2.75. The lowest BCUT2D eigenvalue weighted by Gasteiger charge is -2.41. The summed E-state index contributed by atoms with van der Waals surface area (Å²) >= 11 is 0. The van der Waals surface area contributed by atoms with Gasteiger partial charge in [-0.25, -0.2) is 4.98 Å². The van der Waals surface area contributed by atoms with Gasteiger partial charge in [-0.3, -0.25) is 0 Å². The van der Waals surface area contributed by atoms with Gasteiger partial charge in [-0.15, -0.1) is 0 Å².